The van der Waals surface area contributed by atoms with Gasteiger partial charge in [-0.2, -0.15) is 0 Å². The highest BCUT2D eigenvalue weighted by atomic mass is 15.1. The van der Waals surface area contributed by atoms with Crippen molar-refractivity contribution in [1.29, 1.82) is 0 Å². The van der Waals surface area contributed by atoms with E-state index in [2.05, 4.69) is 32.7 Å². The molecule has 2 atom stereocenters. The minimum atomic E-state index is 0.881. The SMILES string of the molecule is CC.CC(C)CCC1CCN(C)CC1C. The van der Waals surface area contributed by atoms with Crippen LogP contribution in [0.5, 0.6) is 0 Å². The third-order valence-corrected chi connectivity index (χ3v) is 3.40. The van der Waals surface area contributed by atoms with Crippen molar-refractivity contribution in [2.45, 2.75) is 53.9 Å². The fourth-order valence-corrected chi connectivity index (χ4v) is 2.38. The molecule has 0 aromatic rings. The Morgan fingerprint density at radius 1 is 1.27 bits per heavy atom. The molecule has 2 unspecified atom stereocenters. The molecule has 1 nitrogen and oxygen atoms in total. The van der Waals surface area contributed by atoms with Gasteiger partial charge in [-0.1, -0.05) is 41.0 Å². The van der Waals surface area contributed by atoms with Gasteiger partial charge in [-0.05, 0) is 44.2 Å². The monoisotopic (exact) mass is 213 g/mol. The molecule has 0 bridgehead atoms. The summed E-state index contributed by atoms with van der Waals surface area (Å²) in [6, 6.07) is 0. The number of likely N-dealkylation sites (tertiary alicyclic amines) is 1. The Kier molecular flexibility index (Phi) is 8.13. The molecule has 1 aliphatic rings. The molecular formula is C14H31N. The Bertz CT molecular complexity index is 142. The lowest BCUT2D eigenvalue weighted by Crippen LogP contribution is -2.36. The molecule has 0 aromatic carbocycles. The second-order valence-corrected chi connectivity index (χ2v) is 5.26. The molecule has 1 heterocycles. The van der Waals surface area contributed by atoms with E-state index in [0.717, 1.165) is 17.8 Å². The molecule has 92 valence electrons. The summed E-state index contributed by atoms with van der Waals surface area (Å²) in [5.74, 6) is 2.79. The summed E-state index contributed by atoms with van der Waals surface area (Å²) in [4.78, 5) is 2.47. The zero-order chi connectivity index (χ0) is 11.8. The van der Waals surface area contributed by atoms with Gasteiger partial charge in [0.15, 0.2) is 0 Å². The van der Waals surface area contributed by atoms with Gasteiger partial charge in [-0.25, -0.2) is 0 Å². The number of nitrogens with zero attached hydrogens (tertiary/aromatic N) is 1. The molecule has 0 N–H and O–H groups in total. The van der Waals surface area contributed by atoms with Crippen molar-refractivity contribution < 1.29 is 0 Å². The first-order valence-corrected chi connectivity index (χ1v) is 6.78. The molecular weight excluding hydrogens is 182 g/mol. The molecule has 0 aliphatic carbocycles. The van der Waals surface area contributed by atoms with Crippen molar-refractivity contribution in [3.8, 4) is 0 Å². The maximum atomic E-state index is 2.47. The molecule has 0 radical (unpaired) electrons. The molecule has 1 rings (SSSR count). The predicted octanol–water partition coefficient (Wildman–Crippen LogP) is 4.04. The van der Waals surface area contributed by atoms with Gasteiger partial charge in [0.25, 0.3) is 0 Å². The Morgan fingerprint density at radius 3 is 2.33 bits per heavy atom. The van der Waals surface area contributed by atoms with Crippen LogP contribution in [0.4, 0.5) is 0 Å². The van der Waals surface area contributed by atoms with Crippen molar-refractivity contribution in [3.63, 3.8) is 0 Å². The summed E-state index contributed by atoms with van der Waals surface area (Å²) in [7, 11) is 2.25. The first kappa shape index (κ1) is 15.0. The second kappa shape index (κ2) is 8.15. The standard InChI is InChI=1S/C12H25N.C2H6/c1-10(2)5-6-12-7-8-13(4)9-11(12)3;1-2/h10-12H,5-9H2,1-4H3;1-2H3. The molecule has 15 heavy (non-hydrogen) atoms. The average molecular weight is 213 g/mol. The van der Waals surface area contributed by atoms with Gasteiger partial charge >= 0.3 is 0 Å². The molecule has 1 saturated heterocycles. The van der Waals surface area contributed by atoms with E-state index in [4.69, 9.17) is 0 Å². The highest BCUT2D eigenvalue weighted by Crippen LogP contribution is 2.27. The van der Waals surface area contributed by atoms with Gasteiger partial charge in [0.1, 0.15) is 0 Å². The first-order valence-electron chi connectivity index (χ1n) is 6.78. The van der Waals surface area contributed by atoms with Crippen molar-refractivity contribution in [2.75, 3.05) is 20.1 Å². The van der Waals surface area contributed by atoms with E-state index in [1.165, 1.54) is 32.4 Å². The Hall–Kier alpha value is -0.0400. The van der Waals surface area contributed by atoms with Gasteiger partial charge in [-0.3, -0.25) is 0 Å². The normalized spacial score (nSPS) is 27.4. The number of hydrogen-bond acceptors (Lipinski definition) is 1. The zero-order valence-corrected chi connectivity index (χ0v) is 11.7. The van der Waals surface area contributed by atoms with Gasteiger partial charge in [-0.15, -0.1) is 0 Å². The first-order chi connectivity index (χ1) is 7.09. The number of piperidine rings is 1. The molecule has 1 heteroatoms. The lowest BCUT2D eigenvalue weighted by atomic mass is 9.82. The van der Waals surface area contributed by atoms with Gasteiger partial charge in [0.2, 0.25) is 0 Å². The summed E-state index contributed by atoms with van der Waals surface area (Å²) in [5.41, 5.74) is 0. The van der Waals surface area contributed by atoms with Crippen LogP contribution in [0.3, 0.4) is 0 Å². The van der Waals surface area contributed by atoms with Gasteiger partial charge in [0, 0.05) is 6.54 Å². The van der Waals surface area contributed by atoms with E-state index >= 15 is 0 Å². The summed E-state index contributed by atoms with van der Waals surface area (Å²) >= 11 is 0. The molecule has 1 fully saturated rings. The van der Waals surface area contributed by atoms with Crippen molar-refractivity contribution >= 4 is 0 Å². The maximum Gasteiger partial charge on any atom is 0.000662 e. The van der Waals surface area contributed by atoms with Crippen LogP contribution in [0.1, 0.15) is 53.9 Å². The molecule has 0 spiro atoms. The Labute approximate surface area is 97.2 Å². The quantitative estimate of drug-likeness (QED) is 0.684. The van der Waals surface area contributed by atoms with E-state index in [1.54, 1.807) is 0 Å². The number of hydrogen-bond donors (Lipinski definition) is 0. The summed E-state index contributed by atoms with van der Waals surface area (Å²) < 4.78 is 0. The van der Waals surface area contributed by atoms with Gasteiger partial charge < -0.3 is 4.90 Å². The highest BCUT2D eigenvalue weighted by molar-refractivity contribution is 4.76. The smallest absolute Gasteiger partial charge is 0.000662 e. The second-order valence-electron chi connectivity index (χ2n) is 5.26. The van der Waals surface area contributed by atoms with E-state index in [-0.39, 0.29) is 0 Å². The lowest BCUT2D eigenvalue weighted by molar-refractivity contribution is 0.143. The minimum absolute atomic E-state index is 0.881. The molecule has 0 aromatic heterocycles. The van der Waals surface area contributed by atoms with Crippen LogP contribution in [-0.4, -0.2) is 25.0 Å². The Morgan fingerprint density at radius 2 is 1.87 bits per heavy atom. The molecule has 0 amide bonds. The van der Waals surface area contributed by atoms with Crippen LogP contribution < -0.4 is 0 Å². The van der Waals surface area contributed by atoms with Crippen LogP contribution in [-0.2, 0) is 0 Å². The van der Waals surface area contributed by atoms with E-state index in [1.807, 2.05) is 13.8 Å². The predicted molar refractivity (Wildman–Crippen MR) is 70.2 cm³/mol. The van der Waals surface area contributed by atoms with Crippen molar-refractivity contribution in [3.05, 3.63) is 0 Å². The number of rotatable bonds is 3. The van der Waals surface area contributed by atoms with Crippen molar-refractivity contribution in [2.24, 2.45) is 17.8 Å². The highest BCUT2D eigenvalue weighted by Gasteiger charge is 2.23. The summed E-state index contributed by atoms with van der Waals surface area (Å²) in [6.45, 7) is 13.7. The van der Waals surface area contributed by atoms with Crippen LogP contribution in [0.15, 0.2) is 0 Å². The minimum Gasteiger partial charge on any atom is -0.306 e. The van der Waals surface area contributed by atoms with Gasteiger partial charge in [0.05, 0.1) is 0 Å². The largest absolute Gasteiger partial charge is 0.306 e. The Balaban J connectivity index is 0.000000921. The fourth-order valence-electron chi connectivity index (χ4n) is 2.38. The molecule has 0 saturated carbocycles. The van der Waals surface area contributed by atoms with Crippen LogP contribution in [0.25, 0.3) is 0 Å². The zero-order valence-electron chi connectivity index (χ0n) is 11.7. The van der Waals surface area contributed by atoms with Crippen molar-refractivity contribution in [1.82, 2.24) is 4.90 Å². The van der Waals surface area contributed by atoms with Crippen LogP contribution >= 0.6 is 0 Å². The third kappa shape index (κ3) is 6.19. The van der Waals surface area contributed by atoms with E-state index < -0.39 is 0 Å². The fraction of sp³-hybridized carbons (Fsp3) is 1.00. The topological polar surface area (TPSA) is 3.24 Å². The lowest BCUT2D eigenvalue weighted by Gasteiger charge is -2.35. The maximum absolute atomic E-state index is 2.47. The summed E-state index contributed by atoms with van der Waals surface area (Å²) in [6.07, 6.45) is 4.29. The van der Waals surface area contributed by atoms with E-state index in [0.29, 0.717) is 0 Å². The van der Waals surface area contributed by atoms with Crippen LogP contribution in [0.2, 0.25) is 0 Å². The third-order valence-electron chi connectivity index (χ3n) is 3.40. The van der Waals surface area contributed by atoms with Crippen LogP contribution in [0, 0.1) is 17.8 Å². The molecule has 1 aliphatic heterocycles. The van der Waals surface area contributed by atoms with E-state index in [9.17, 15) is 0 Å². The summed E-state index contributed by atoms with van der Waals surface area (Å²) in [5, 5.41) is 0. The average Bonchev–Trinajstić information content (AvgIpc) is 2.19.